The maximum absolute atomic E-state index is 11.0. The van der Waals surface area contributed by atoms with Gasteiger partial charge in [-0.3, -0.25) is 14.9 Å². The predicted molar refractivity (Wildman–Crippen MR) is 82.8 cm³/mol. The summed E-state index contributed by atoms with van der Waals surface area (Å²) in [5, 5.41) is 13.3. The second kappa shape index (κ2) is 6.47. The Kier molecular flexibility index (Phi) is 4.46. The molecule has 0 spiro atoms. The van der Waals surface area contributed by atoms with Crippen molar-refractivity contribution >= 4 is 29.4 Å². The maximum Gasteiger partial charge on any atom is 0.269 e. The van der Waals surface area contributed by atoms with Crippen LogP contribution in [0.4, 0.5) is 11.4 Å². The summed E-state index contributed by atoms with van der Waals surface area (Å²) < 4.78 is 0. The quantitative estimate of drug-likeness (QED) is 0.527. The number of nitrogens with one attached hydrogen (secondary N) is 1. The largest absolute Gasteiger partial charge is 0.326 e. The van der Waals surface area contributed by atoms with E-state index in [1.54, 1.807) is 12.1 Å². The molecule has 0 atom stereocenters. The van der Waals surface area contributed by atoms with Crippen molar-refractivity contribution < 1.29 is 9.72 Å². The van der Waals surface area contributed by atoms with Crippen LogP contribution >= 0.6 is 0 Å². The fourth-order valence-electron chi connectivity index (χ4n) is 1.82. The van der Waals surface area contributed by atoms with E-state index in [1.165, 1.54) is 19.1 Å². The Morgan fingerprint density at radius 3 is 2.38 bits per heavy atom. The van der Waals surface area contributed by atoms with Gasteiger partial charge in [-0.05, 0) is 35.4 Å². The molecular formula is C16H14N2O3. The molecule has 0 bridgehead atoms. The third-order valence-corrected chi connectivity index (χ3v) is 2.78. The van der Waals surface area contributed by atoms with Crippen molar-refractivity contribution in [3.05, 3.63) is 69.8 Å². The van der Waals surface area contributed by atoms with Crippen LogP contribution in [0.3, 0.4) is 0 Å². The van der Waals surface area contributed by atoms with E-state index in [2.05, 4.69) is 5.32 Å². The zero-order valence-electron chi connectivity index (χ0n) is 11.4. The summed E-state index contributed by atoms with van der Waals surface area (Å²) in [4.78, 5) is 21.2. The van der Waals surface area contributed by atoms with Gasteiger partial charge in [0.2, 0.25) is 5.91 Å². The normalized spacial score (nSPS) is 10.5. The fraction of sp³-hybridized carbons (Fsp3) is 0.0625. The number of amides is 1. The van der Waals surface area contributed by atoms with Gasteiger partial charge in [0, 0.05) is 24.7 Å². The molecule has 0 unspecified atom stereocenters. The fourth-order valence-corrected chi connectivity index (χ4v) is 1.82. The van der Waals surface area contributed by atoms with E-state index in [9.17, 15) is 14.9 Å². The standard InChI is InChI=1S/C16H14N2O3/c1-12(19)17-15-4-2-3-14(11-15)6-5-13-7-9-16(10-8-13)18(20)21/h2-11H,1H3,(H,17,19)/b6-5-. The third-order valence-electron chi connectivity index (χ3n) is 2.78. The number of carbonyl (C=O) groups excluding carboxylic acids is 1. The third kappa shape index (κ3) is 4.28. The van der Waals surface area contributed by atoms with E-state index in [1.807, 2.05) is 36.4 Å². The Hall–Kier alpha value is -2.95. The zero-order valence-corrected chi connectivity index (χ0v) is 11.4. The average Bonchev–Trinajstić information content (AvgIpc) is 2.45. The predicted octanol–water partition coefficient (Wildman–Crippen LogP) is 3.72. The Balaban J connectivity index is 2.13. The molecule has 5 nitrogen and oxygen atoms in total. The summed E-state index contributed by atoms with van der Waals surface area (Å²) in [5.74, 6) is -0.119. The molecule has 5 heteroatoms. The van der Waals surface area contributed by atoms with Crippen LogP contribution in [0.15, 0.2) is 48.5 Å². The van der Waals surface area contributed by atoms with Gasteiger partial charge in [0.25, 0.3) is 5.69 Å². The Morgan fingerprint density at radius 2 is 1.76 bits per heavy atom. The number of rotatable bonds is 4. The van der Waals surface area contributed by atoms with E-state index in [0.29, 0.717) is 0 Å². The van der Waals surface area contributed by atoms with Crippen LogP contribution in [0.1, 0.15) is 18.1 Å². The highest BCUT2D eigenvalue weighted by molar-refractivity contribution is 5.89. The Bertz CT molecular complexity index is 691. The van der Waals surface area contributed by atoms with Crippen molar-refractivity contribution in [3.8, 4) is 0 Å². The SMILES string of the molecule is CC(=O)Nc1cccc(/C=C\c2ccc([N+](=O)[O-])cc2)c1. The molecule has 21 heavy (non-hydrogen) atoms. The zero-order chi connectivity index (χ0) is 15.2. The highest BCUT2D eigenvalue weighted by Crippen LogP contribution is 2.16. The number of carbonyl (C=O) groups is 1. The smallest absolute Gasteiger partial charge is 0.269 e. The highest BCUT2D eigenvalue weighted by atomic mass is 16.6. The molecule has 1 amide bonds. The van der Waals surface area contributed by atoms with Gasteiger partial charge in [0.05, 0.1) is 4.92 Å². The molecule has 2 rings (SSSR count). The number of nitro benzene ring substituents is 1. The van der Waals surface area contributed by atoms with Crippen molar-refractivity contribution in [2.24, 2.45) is 0 Å². The molecule has 1 N–H and O–H groups in total. The molecule has 0 heterocycles. The van der Waals surface area contributed by atoms with Crippen molar-refractivity contribution in [2.45, 2.75) is 6.92 Å². The first kappa shape index (κ1) is 14.5. The first-order valence-electron chi connectivity index (χ1n) is 6.35. The number of anilines is 1. The molecule has 0 fully saturated rings. The van der Waals surface area contributed by atoms with Gasteiger partial charge < -0.3 is 5.32 Å². The van der Waals surface area contributed by atoms with E-state index in [-0.39, 0.29) is 11.6 Å². The Labute approximate surface area is 122 Å². The summed E-state index contributed by atoms with van der Waals surface area (Å²) in [5.41, 5.74) is 2.60. The summed E-state index contributed by atoms with van der Waals surface area (Å²) in [6.07, 6.45) is 3.74. The van der Waals surface area contributed by atoms with Gasteiger partial charge in [-0.1, -0.05) is 24.3 Å². The summed E-state index contributed by atoms with van der Waals surface area (Å²) in [6, 6.07) is 13.7. The summed E-state index contributed by atoms with van der Waals surface area (Å²) >= 11 is 0. The monoisotopic (exact) mass is 282 g/mol. The van der Waals surface area contributed by atoms with Crippen LogP contribution in [-0.4, -0.2) is 10.8 Å². The van der Waals surface area contributed by atoms with Crippen LogP contribution in [0, 0.1) is 10.1 Å². The number of benzene rings is 2. The van der Waals surface area contributed by atoms with E-state index < -0.39 is 4.92 Å². The van der Waals surface area contributed by atoms with Gasteiger partial charge in [0.1, 0.15) is 0 Å². The van der Waals surface area contributed by atoms with Crippen molar-refractivity contribution in [1.29, 1.82) is 0 Å². The summed E-state index contributed by atoms with van der Waals surface area (Å²) in [7, 11) is 0. The topological polar surface area (TPSA) is 72.2 Å². The molecule has 0 aromatic heterocycles. The highest BCUT2D eigenvalue weighted by Gasteiger charge is 2.02. The van der Waals surface area contributed by atoms with Crippen molar-refractivity contribution in [2.75, 3.05) is 5.32 Å². The minimum Gasteiger partial charge on any atom is -0.326 e. The first-order chi connectivity index (χ1) is 10.0. The van der Waals surface area contributed by atoms with Crippen molar-refractivity contribution in [3.63, 3.8) is 0 Å². The molecule has 0 aliphatic carbocycles. The number of hydrogen-bond acceptors (Lipinski definition) is 3. The Morgan fingerprint density at radius 1 is 1.10 bits per heavy atom. The molecule has 2 aromatic rings. The number of nitro groups is 1. The molecule has 106 valence electrons. The number of non-ortho nitro benzene ring substituents is 1. The van der Waals surface area contributed by atoms with E-state index in [4.69, 9.17) is 0 Å². The molecule has 0 saturated carbocycles. The van der Waals surface area contributed by atoms with Gasteiger partial charge >= 0.3 is 0 Å². The molecule has 0 saturated heterocycles. The van der Waals surface area contributed by atoms with Gasteiger partial charge in [0.15, 0.2) is 0 Å². The van der Waals surface area contributed by atoms with Crippen LogP contribution in [0.25, 0.3) is 12.2 Å². The van der Waals surface area contributed by atoms with Crippen molar-refractivity contribution in [1.82, 2.24) is 0 Å². The van der Waals surface area contributed by atoms with Crippen LogP contribution in [-0.2, 0) is 4.79 Å². The second-order valence-corrected chi connectivity index (χ2v) is 4.49. The van der Waals surface area contributed by atoms with Gasteiger partial charge in [-0.15, -0.1) is 0 Å². The minimum atomic E-state index is -0.426. The number of nitrogens with zero attached hydrogens (tertiary/aromatic N) is 1. The van der Waals surface area contributed by atoms with E-state index in [0.717, 1.165) is 16.8 Å². The van der Waals surface area contributed by atoms with Gasteiger partial charge in [-0.2, -0.15) is 0 Å². The lowest BCUT2D eigenvalue weighted by Crippen LogP contribution is -2.05. The van der Waals surface area contributed by atoms with Crippen LogP contribution in [0.2, 0.25) is 0 Å². The molecular weight excluding hydrogens is 268 g/mol. The maximum atomic E-state index is 11.0. The van der Waals surface area contributed by atoms with Crippen LogP contribution < -0.4 is 5.32 Å². The molecule has 0 radical (unpaired) electrons. The van der Waals surface area contributed by atoms with Crippen LogP contribution in [0.5, 0.6) is 0 Å². The molecule has 0 aliphatic heterocycles. The lowest BCUT2D eigenvalue weighted by atomic mass is 10.1. The molecule has 0 aliphatic rings. The second-order valence-electron chi connectivity index (χ2n) is 4.49. The summed E-state index contributed by atoms with van der Waals surface area (Å²) in [6.45, 7) is 1.46. The number of hydrogen-bond donors (Lipinski definition) is 1. The lowest BCUT2D eigenvalue weighted by molar-refractivity contribution is -0.384. The lowest BCUT2D eigenvalue weighted by Gasteiger charge is -2.02. The van der Waals surface area contributed by atoms with E-state index >= 15 is 0 Å². The molecule has 2 aromatic carbocycles. The first-order valence-corrected chi connectivity index (χ1v) is 6.35. The van der Waals surface area contributed by atoms with Gasteiger partial charge in [-0.25, -0.2) is 0 Å². The minimum absolute atomic E-state index is 0.0693. The average molecular weight is 282 g/mol.